The molecule has 0 amide bonds. The zero-order valence-corrected chi connectivity index (χ0v) is 14.1. The fourth-order valence-corrected chi connectivity index (χ4v) is 4.10. The van der Waals surface area contributed by atoms with Crippen LogP contribution < -0.4 is 5.73 Å². The highest BCUT2D eigenvalue weighted by molar-refractivity contribution is 9.10. The summed E-state index contributed by atoms with van der Waals surface area (Å²) in [6, 6.07) is 4.75. The fraction of sp³-hybridized carbons (Fsp3) is 0.538. The number of hydrogen-bond donors (Lipinski definition) is 1. The highest BCUT2D eigenvalue weighted by atomic mass is 79.9. The Kier molecular flexibility index (Phi) is 5.41. The Bertz CT molecular complexity index is 542. The second-order valence-electron chi connectivity index (χ2n) is 5.24. The molecule has 0 aromatic heterocycles. The zero-order valence-electron chi connectivity index (χ0n) is 11.7. The number of sulfonamides is 1. The van der Waals surface area contributed by atoms with Crippen molar-refractivity contribution in [3.8, 4) is 0 Å². The van der Waals surface area contributed by atoms with Crippen LogP contribution >= 0.6 is 15.9 Å². The van der Waals surface area contributed by atoms with Gasteiger partial charge in [-0.25, -0.2) is 8.42 Å². The highest BCUT2D eigenvalue weighted by Gasteiger charge is 2.29. The molecule has 0 atom stereocenters. The third kappa shape index (κ3) is 3.94. The summed E-state index contributed by atoms with van der Waals surface area (Å²) in [6.07, 6.45) is 0. The average molecular weight is 349 g/mol. The maximum atomic E-state index is 12.7. The van der Waals surface area contributed by atoms with Crippen LogP contribution in [0.15, 0.2) is 27.6 Å². The Morgan fingerprint density at radius 1 is 1.26 bits per heavy atom. The third-order valence-corrected chi connectivity index (χ3v) is 5.29. The van der Waals surface area contributed by atoms with Gasteiger partial charge in [-0.2, -0.15) is 4.31 Å². The lowest BCUT2D eigenvalue weighted by molar-refractivity contribution is 0.319. The largest absolute Gasteiger partial charge is 0.398 e. The molecule has 0 aliphatic carbocycles. The second kappa shape index (κ2) is 6.24. The standard InChI is InChI=1S/C13H21BrN2O2S/c1-9(2)8-16(10(3)4)19(17,18)13-6-5-11(14)7-12(13)15/h5-7,9-10H,8,15H2,1-4H3. The molecule has 19 heavy (non-hydrogen) atoms. The van der Waals surface area contributed by atoms with Crippen LogP contribution in [0.4, 0.5) is 5.69 Å². The molecule has 4 nitrogen and oxygen atoms in total. The molecule has 0 bridgehead atoms. The predicted octanol–water partition coefficient (Wildman–Crippen LogP) is 3.09. The van der Waals surface area contributed by atoms with Gasteiger partial charge < -0.3 is 5.73 Å². The second-order valence-corrected chi connectivity index (χ2v) is 8.02. The number of rotatable bonds is 5. The van der Waals surface area contributed by atoms with Crippen molar-refractivity contribution >= 4 is 31.6 Å². The molecule has 0 aliphatic heterocycles. The Hall–Kier alpha value is -0.590. The topological polar surface area (TPSA) is 63.4 Å². The van der Waals surface area contributed by atoms with Crippen molar-refractivity contribution in [1.29, 1.82) is 0 Å². The van der Waals surface area contributed by atoms with Crippen molar-refractivity contribution in [3.05, 3.63) is 22.7 Å². The molecule has 1 rings (SSSR count). The number of halogens is 1. The number of anilines is 1. The van der Waals surface area contributed by atoms with Crippen LogP contribution in [0, 0.1) is 5.92 Å². The van der Waals surface area contributed by atoms with E-state index in [1.165, 1.54) is 4.31 Å². The molecule has 6 heteroatoms. The van der Waals surface area contributed by atoms with E-state index >= 15 is 0 Å². The van der Waals surface area contributed by atoms with Crippen LogP contribution in [0.1, 0.15) is 27.7 Å². The molecular formula is C13H21BrN2O2S. The smallest absolute Gasteiger partial charge is 0.245 e. The first kappa shape index (κ1) is 16.5. The number of benzene rings is 1. The van der Waals surface area contributed by atoms with Gasteiger partial charge in [-0.05, 0) is 38.0 Å². The molecule has 0 heterocycles. The molecule has 0 fully saturated rings. The minimum absolute atomic E-state index is 0.101. The molecule has 1 aromatic rings. The molecule has 1 aromatic carbocycles. The van der Waals surface area contributed by atoms with E-state index in [2.05, 4.69) is 15.9 Å². The maximum absolute atomic E-state index is 12.7. The van der Waals surface area contributed by atoms with Crippen molar-refractivity contribution in [2.45, 2.75) is 38.6 Å². The average Bonchev–Trinajstić information content (AvgIpc) is 2.24. The van der Waals surface area contributed by atoms with Gasteiger partial charge in [-0.1, -0.05) is 29.8 Å². The van der Waals surface area contributed by atoms with Gasteiger partial charge in [0.25, 0.3) is 0 Å². The van der Waals surface area contributed by atoms with Crippen molar-refractivity contribution < 1.29 is 8.42 Å². The first-order valence-electron chi connectivity index (χ1n) is 6.23. The van der Waals surface area contributed by atoms with Crippen molar-refractivity contribution in [2.24, 2.45) is 5.92 Å². The Balaban J connectivity index is 3.27. The molecular weight excluding hydrogens is 328 g/mol. The van der Waals surface area contributed by atoms with E-state index in [0.717, 1.165) is 4.47 Å². The van der Waals surface area contributed by atoms with Gasteiger partial charge in [0, 0.05) is 17.1 Å². The molecule has 0 radical (unpaired) electrons. The number of nitrogen functional groups attached to an aromatic ring is 1. The van der Waals surface area contributed by atoms with Crippen LogP contribution in [-0.2, 0) is 10.0 Å². The summed E-state index contributed by atoms with van der Waals surface area (Å²) in [5.74, 6) is 0.258. The first-order valence-corrected chi connectivity index (χ1v) is 8.46. The van der Waals surface area contributed by atoms with Crippen LogP contribution in [0.25, 0.3) is 0 Å². The van der Waals surface area contributed by atoms with E-state index in [1.807, 2.05) is 27.7 Å². The van der Waals surface area contributed by atoms with Gasteiger partial charge in [0.1, 0.15) is 4.90 Å². The molecule has 0 spiro atoms. The van der Waals surface area contributed by atoms with Gasteiger partial charge in [-0.15, -0.1) is 0 Å². The van der Waals surface area contributed by atoms with Gasteiger partial charge >= 0.3 is 0 Å². The SMILES string of the molecule is CC(C)CN(C(C)C)S(=O)(=O)c1ccc(Br)cc1N. The molecule has 0 unspecified atom stereocenters. The summed E-state index contributed by atoms with van der Waals surface area (Å²) >= 11 is 3.28. The third-order valence-electron chi connectivity index (χ3n) is 2.68. The lowest BCUT2D eigenvalue weighted by Gasteiger charge is -2.28. The summed E-state index contributed by atoms with van der Waals surface area (Å²) in [5, 5.41) is 0. The van der Waals surface area contributed by atoms with Crippen LogP contribution in [0.3, 0.4) is 0 Å². The number of nitrogens with zero attached hydrogens (tertiary/aromatic N) is 1. The lowest BCUT2D eigenvalue weighted by Crippen LogP contribution is -2.39. The van der Waals surface area contributed by atoms with Gasteiger partial charge in [-0.3, -0.25) is 0 Å². The van der Waals surface area contributed by atoms with Crippen molar-refractivity contribution in [2.75, 3.05) is 12.3 Å². The van der Waals surface area contributed by atoms with E-state index < -0.39 is 10.0 Å². The highest BCUT2D eigenvalue weighted by Crippen LogP contribution is 2.27. The minimum Gasteiger partial charge on any atom is -0.398 e. The monoisotopic (exact) mass is 348 g/mol. The summed E-state index contributed by atoms with van der Waals surface area (Å²) in [6.45, 7) is 8.21. The van der Waals surface area contributed by atoms with Gasteiger partial charge in [0.15, 0.2) is 0 Å². The van der Waals surface area contributed by atoms with Gasteiger partial charge in [0.2, 0.25) is 10.0 Å². The van der Waals surface area contributed by atoms with Crippen LogP contribution in [0.5, 0.6) is 0 Å². The zero-order chi connectivity index (χ0) is 14.8. The summed E-state index contributed by atoms with van der Waals surface area (Å²) in [7, 11) is -3.56. The quantitative estimate of drug-likeness (QED) is 0.831. The van der Waals surface area contributed by atoms with Gasteiger partial charge in [0.05, 0.1) is 5.69 Å². The van der Waals surface area contributed by atoms with E-state index in [0.29, 0.717) is 6.54 Å². The van der Waals surface area contributed by atoms with E-state index in [4.69, 9.17) is 5.73 Å². The van der Waals surface area contributed by atoms with E-state index in [-0.39, 0.29) is 22.5 Å². The first-order chi connectivity index (χ1) is 8.66. The molecule has 108 valence electrons. The van der Waals surface area contributed by atoms with E-state index in [1.54, 1.807) is 18.2 Å². The normalized spacial score (nSPS) is 12.6. The van der Waals surface area contributed by atoms with Crippen LogP contribution in [0.2, 0.25) is 0 Å². The van der Waals surface area contributed by atoms with E-state index in [9.17, 15) is 8.42 Å². The predicted molar refractivity (Wildman–Crippen MR) is 82.4 cm³/mol. The summed E-state index contributed by atoms with van der Waals surface area (Å²) in [5.41, 5.74) is 6.11. The van der Waals surface area contributed by atoms with Crippen molar-refractivity contribution in [1.82, 2.24) is 4.31 Å². The lowest BCUT2D eigenvalue weighted by atomic mass is 10.2. The van der Waals surface area contributed by atoms with Crippen LogP contribution in [-0.4, -0.2) is 25.3 Å². The Morgan fingerprint density at radius 2 is 1.84 bits per heavy atom. The number of hydrogen-bond acceptors (Lipinski definition) is 3. The van der Waals surface area contributed by atoms with Crippen molar-refractivity contribution in [3.63, 3.8) is 0 Å². The molecule has 0 saturated carbocycles. The Labute approximate surface area is 124 Å². The number of nitrogens with two attached hydrogens (primary N) is 1. The summed E-state index contributed by atoms with van der Waals surface area (Å²) < 4.78 is 27.6. The maximum Gasteiger partial charge on any atom is 0.245 e. The summed E-state index contributed by atoms with van der Waals surface area (Å²) in [4.78, 5) is 0.171. The minimum atomic E-state index is -3.56. The fourth-order valence-electron chi connectivity index (χ4n) is 1.83. The Morgan fingerprint density at radius 3 is 2.26 bits per heavy atom. The molecule has 0 aliphatic rings. The molecule has 2 N–H and O–H groups in total. The molecule has 0 saturated heterocycles.